The third-order valence-electron chi connectivity index (χ3n) is 5.25. The maximum Gasteiger partial charge on any atom is 0.309 e. The van der Waals surface area contributed by atoms with Crippen molar-refractivity contribution in [2.24, 2.45) is 0 Å². The number of nitrogens with one attached hydrogen (secondary N) is 1. The summed E-state index contributed by atoms with van der Waals surface area (Å²) >= 11 is 0. The van der Waals surface area contributed by atoms with Gasteiger partial charge in [0.15, 0.2) is 0 Å². The fraction of sp³-hybridized carbons (Fsp3) is 0.148. The predicted molar refractivity (Wildman–Crippen MR) is 129 cm³/mol. The third-order valence-corrected chi connectivity index (χ3v) is 5.25. The Morgan fingerprint density at radius 2 is 1.51 bits per heavy atom. The molecular formula is C27H23F2N3O3. The monoisotopic (exact) mass is 475 g/mol. The number of halogens is 2. The Balaban J connectivity index is 1.70. The van der Waals surface area contributed by atoms with Crippen molar-refractivity contribution in [3.63, 3.8) is 0 Å². The van der Waals surface area contributed by atoms with Crippen molar-refractivity contribution >= 4 is 17.6 Å². The topological polar surface area (TPSA) is 73.2 Å². The number of rotatable bonds is 7. The summed E-state index contributed by atoms with van der Waals surface area (Å²) in [7, 11) is 0. The molecule has 0 aliphatic heterocycles. The zero-order chi connectivity index (χ0) is 24.9. The van der Waals surface area contributed by atoms with Crippen molar-refractivity contribution in [2.45, 2.75) is 26.7 Å². The average molecular weight is 475 g/mol. The van der Waals surface area contributed by atoms with E-state index in [2.05, 4.69) is 10.4 Å². The highest BCUT2D eigenvalue weighted by Crippen LogP contribution is 2.37. The van der Waals surface area contributed by atoms with E-state index in [1.165, 1.54) is 48.0 Å². The second-order valence-electron chi connectivity index (χ2n) is 7.90. The molecule has 0 bridgehead atoms. The number of aromatic nitrogens is 2. The van der Waals surface area contributed by atoms with Crippen molar-refractivity contribution in [1.29, 1.82) is 0 Å². The number of ether oxygens (including phenoxy) is 1. The molecule has 8 heteroatoms. The first-order chi connectivity index (χ1) is 16.9. The van der Waals surface area contributed by atoms with E-state index in [4.69, 9.17) is 4.74 Å². The summed E-state index contributed by atoms with van der Waals surface area (Å²) in [6.45, 7) is 3.32. The Hall–Kier alpha value is -4.33. The molecule has 0 saturated carbocycles. The van der Waals surface area contributed by atoms with Crippen LogP contribution in [0.1, 0.15) is 36.3 Å². The summed E-state index contributed by atoms with van der Waals surface area (Å²) in [6.07, 6.45) is 1.43. The number of hydrogen-bond acceptors (Lipinski definition) is 4. The van der Waals surface area contributed by atoms with Gasteiger partial charge in [0.25, 0.3) is 5.91 Å². The summed E-state index contributed by atoms with van der Waals surface area (Å²) < 4.78 is 33.7. The molecule has 3 aromatic carbocycles. The Morgan fingerprint density at radius 1 is 0.914 bits per heavy atom. The molecule has 4 aromatic rings. The van der Waals surface area contributed by atoms with Gasteiger partial charge in [0.2, 0.25) is 5.88 Å². The molecule has 6 nitrogen and oxygen atoms in total. The number of carbonyl (C=O) groups excluding carboxylic acids is 2. The molecule has 1 aromatic heterocycles. The molecule has 4 rings (SSSR count). The number of hydrogen-bond donors (Lipinski definition) is 1. The number of esters is 1. The Labute approximate surface area is 201 Å². The molecular weight excluding hydrogens is 452 g/mol. The third kappa shape index (κ3) is 5.43. The van der Waals surface area contributed by atoms with E-state index >= 15 is 0 Å². The van der Waals surface area contributed by atoms with Crippen LogP contribution in [-0.4, -0.2) is 21.7 Å². The lowest BCUT2D eigenvalue weighted by atomic mass is 10.0. The largest absolute Gasteiger partial charge is 0.407 e. The molecule has 1 N–H and O–H groups in total. The molecule has 178 valence electrons. The number of aryl methyl sites for hydroxylation is 1. The molecule has 1 heterocycles. The first-order valence-corrected chi connectivity index (χ1v) is 11.1. The van der Waals surface area contributed by atoms with E-state index in [1.54, 1.807) is 36.4 Å². The summed E-state index contributed by atoms with van der Waals surface area (Å²) in [5, 5.41) is 7.44. The molecule has 0 fully saturated rings. The van der Waals surface area contributed by atoms with E-state index in [0.29, 0.717) is 28.9 Å². The van der Waals surface area contributed by atoms with Gasteiger partial charge in [-0.1, -0.05) is 25.5 Å². The first-order valence-electron chi connectivity index (χ1n) is 11.1. The minimum atomic E-state index is -0.513. The number of anilines is 1. The molecule has 0 unspecified atom stereocenters. The van der Waals surface area contributed by atoms with E-state index in [1.807, 2.05) is 6.92 Å². The SMILES string of the molecule is CCCc1nn(-c2ccc(F)cc2)c(OC(C)=O)c1-c1ccc(NC(=O)c2ccc(F)cc2)cc1. The number of carbonyl (C=O) groups is 2. The zero-order valence-corrected chi connectivity index (χ0v) is 19.2. The first kappa shape index (κ1) is 23.8. The van der Waals surface area contributed by atoms with Crippen LogP contribution in [0.15, 0.2) is 72.8 Å². The van der Waals surface area contributed by atoms with Crippen LogP contribution in [0.3, 0.4) is 0 Å². The van der Waals surface area contributed by atoms with E-state index < -0.39 is 11.8 Å². The summed E-state index contributed by atoms with van der Waals surface area (Å²) in [6, 6.07) is 18.0. The van der Waals surface area contributed by atoms with Crippen LogP contribution in [0.25, 0.3) is 16.8 Å². The van der Waals surface area contributed by atoms with Gasteiger partial charge < -0.3 is 10.1 Å². The van der Waals surface area contributed by atoms with Gasteiger partial charge in [-0.25, -0.2) is 8.78 Å². The molecule has 0 aliphatic rings. The van der Waals surface area contributed by atoms with Crippen molar-refractivity contribution in [2.75, 3.05) is 5.32 Å². The average Bonchev–Trinajstić information content (AvgIpc) is 3.17. The van der Waals surface area contributed by atoms with Crippen LogP contribution < -0.4 is 10.1 Å². The molecule has 0 radical (unpaired) electrons. The number of amides is 1. The minimum Gasteiger partial charge on any atom is -0.407 e. The van der Waals surface area contributed by atoms with Gasteiger partial charge >= 0.3 is 5.97 Å². The second-order valence-corrected chi connectivity index (χ2v) is 7.90. The highest BCUT2D eigenvalue weighted by Gasteiger charge is 2.23. The Kier molecular flexibility index (Phi) is 7.01. The smallest absolute Gasteiger partial charge is 0.309 e. The Morgan fingerprint density at radius 3 is 2.09 bits per heavy atom. The van der Waals surface area contributed by atoms with Crippen LogP contribution in [0.4, 0.5) is 14.5 Å². The fourth-order valence-electron chi connectivity index (χ4n) is 3.66. The van der Waals surface area contributed by atoms with Gasteiger partial charge in [0, 0.05) is 18.2 Å². The highest BCUT2D eigenvalue weighted by molar-refractivity contribution is 6.04. The summed E-state index contributed by atoms with van der Waals surface area (Å²) in [4.78, 5) is 24.4. The van der Waals surface area contributed by atoms with Crippen molar-refractivity contribution < 1.29 is 23.1 Å². The second kappa shape index (κ2) is 10.3. The lowest BCUT2D eigenvalue weighted by molar-refractivity contribution is -0.132. The van der Waals surface area contributed by atoms with E-state index in [0.717, 1.165) is 17.7 Å². The highest BCUT2D eigenvalue weighted by atomic mass is 19.1. The van der Waals surface area contributed by atoms with Gasteiger partial charge in [-0.3, -0.25) is 9.59 Å². The minimum absolute atomic E-state index is 0.232. The van der Waals surface area contributed by atoms with Crippen molar-refractivity contribution in [3.8, 4) is 22.7 Å². The molecule has 0 atom stereocenters. The lowest BCUT2D eigenvalue weighted by Crippen LogP contribution is -2.11. The van der Waals surface area contributed by atoms with E-state index in [9.17, 15) is 18.4 Å². The summed E-state index contributed by atoms with van der Waals surface area (Å²) in [5.74, 6) is -1.45. The molecule has 35 heavy (non-hydrogen) atoms. The van der Waals surface area contributed by atoms with Crippen LogP contribution in [0.2, 0.25) is 0 Å². The van der Waals surface area contributed by atoms with Crippen molar-refractivity contribution in [1.82, 2.24) is 9.78 Å². The van der Waals surface area contributed by atoms with Gasteiger partial charge in [-0.15, -0.1) is 0 Å². The predicted octanol–water partition coefficient (Wildman–Crippen LogP) is 5.95. The zero-order valence-electron chi connectivity index (χ0n) is 19.2. The fourth-order valence-corrected chi connectivity index (χ4v) is 3.66. The van der Waals surface area contributed by atoms with Gasteiger partial charge in [0.1, 0.15) is 11.6 Å². The van der Waals surface area contributed by atoms with Crippen LogP contribution in [-0.2, 0) is 11.2 Å². The molecule has 1 amide bonds. The van der Waals surface area contributed by atoms with Crippen LogP contribution >= 0.6 is 0 Å². The van der Waals surface area contributed by atoms with Crippen LogP contribution in [0.5, 0.6) is 5.88 Å². The van der Waals surface area contributed by atoms with Crippen molar-refractivity contribution in [3.05, 3.63) is 95.7 Å². The quantitative estimate of drug-likeness (QED) is 0.336. The maximum atomic E-state index is 13.5. The normalized spacial score (nSPS) is 10.7. The number of benzene rings is 3. The maximum absolute atomic E-state index is 13.5. The van der Waals surface area contributed by atoms with Crippen LogP contribution in [0, 0.1) is 11.6 Å². The molecule has 0 spiro atoms. The van der Waals surface area contributed by atoms with E-state index in [-0.39, 0.29) is 17.6 Å². The van der Waals surface area contributed by atoms with Gasteiger partial charge in [-0.2, -0.15) is 9.78 Å². The number of nitrogens with zero attached hydrogens (tertiary/aromatic N) is 2. The summed E-state index contributed by atoms with van der Waals surface area (Å²) in [5.41, 5.74) is 3.52. The standard InChI is InChI=1S/C27H23F2N3O3/c1-3-4-24-25(27(35-17(2)33)32(31-24)23-15-11-21(29)12-16-23)18-7-13-22(14-8-18)30-26(34)19-5-9-20(28)10-6-19/h5-16H,3-4H2,1-2H3,(H,30,34). The lowest BCUT2D eigenvalue weighted by Gasteiger charge is -2.10. The van der Waals surface area contributed by atoms with Gasteiger partial charge in [0.05, 0.1) is 16.9 Å². The molecule has 0 saturated heterocycles. The Bertz CT molecular complexity index is 1350. The van der Waals surface area contributed by atoms with Gasteiger partial charge in [-0.05, 0) is 72.6 Å². The molecule has 0 aliphatic carbocycles.